The number of hydrogen-bond acceptors (Lipinski definition) is 2. The van der Waals surface area contributed by atoms with E-state index < -0.39 is 0 Å². The molecule has 1 rings (SSSR count). The lowest BCUT2D eigenvalue weighted by Crippen LogP contribution is -1.94. The molecule has 2 heteroatoms. The van der Waals surface area contributed by atoms with Crippen molar-refractivity contribution in [2.45, 2.75) is 12.8 Å². The van der Waals surface area contributed by atoms with Crippen molar-refractivity contribution in [3.8, 4) is 0 Å². The largest absolute Gasteiger partial charge is 0.402 e. The Morgan fingerprint density at radius 3 is 3.11 bits per heavy atom. The number of allylic oxidation sites excluding steroid dienone is 3. The average Bonchev–Trinajstić information content (AvgIpc) is 1.97. The summed E-state index contributed by atoms with van der Waals surface area (Å²) < 4.78 is 0. The zero-order valence-corrected chi connectivity index (χ0v) is 5.99. The first-order valence-corrected chi connectivity index (χ1v) is 3.33. The lowest BCUT2D eigenvalue weighted by molar-refractivity contribution is 0.958. The van der Waals surface area contributed by atoms with Crippen molar-refractivity contribution in [1.82, 2.24) is 0 Å². The van der Waals surface area contributed by atoms with E-state index in [2.05, 4.69) is 18.4 Å². The van der Waals surface area contributed by atoms with Crippen LogP contribution in [-0.2, 0) is 0 Å². The maximum absolute atomic E-state index is 5.54. The van der Waals surface area contributed by atoms with Crippen LogP contribution in [0.1, 0.15) is 12.8 Å². The fourth-order valence-corrected chi connectivity index (χ4v) is 0.849. The van der Waals surface area contributed by atoms with Crippen LogP contribution in [0.4, 0.5) is 0 Å². The van der Waals surface area contributed by atoms with Crippen LogP contribution >= 0.6 is 12.6 Å². The van der Waals surface area contributed by atoms with Crippen LogP contribution in [-0.4, -0.2) is 0 Å². The molecule has 0 saturated heterocycles. The predicted octanol–water partition coefficient (Wildman–Crippen LogP) is 1.59. The Labute approximate surface area is 60.3 Å². The summed E-state index contributed by atoms with van der Waals surface area (Å²) in [6.07, 6.45) is 5.50. The standard InChI is InChI=1S/C7H9NS/c8-6-2-1-3-7(9)5-4-6/h1-2,9H,4-5,8H2. The summed E-state index contributed by atoms with van der Waals surface area (Å²) >= 11 is 4.16. The van der Waals surface area contributed by atoms with Gasteiger partial charge in [-0.15, -0.1) is 18.4 Å². The van der Waals surface area contributed by atoms with Crippen LogP contribution in [0.3, 0.4) is 0 Å². The molecule has 0 heterocycles. The number of rotatable bonds is 0. The van der Waals surface area contributed by atoms with E-state index in [1.807, 2.05) is 12.2 Å². The van der Waals surface area contributed by atoms with Gasteiger partial charge >= 0.3 is 0 Å². The maximum atomic E-state index is 5.54. The summed E-state index contributed by atoms with van der Waals surface area (Å²) in [6, 6.07) is 0. The zero-order chi connectivity index (χ0) is 6.69. The minimum atomic E-state index is 0.905. The van der Waals surface area contributed by atoms with Gasteiger partial charge in [0.05, 0.1) is 0 Å². The third-order valence-electron chi connectivity index (χ3n) is 1.20. The molecular weight excluding hydrogens is 130 g/mol. The molecule has 0 radical (unpaired) electrons. The lowest BCUT2D eigenvalue weighted by Gasteiger charge is -1.94. The monoisotopic (exact) mass is 139 g/mol. The first-order chi connectivity index (χ1) is 4.29. The second kappa shape index (κ2) is 2.81. The van der Waals surface area contributed by atoms with E-state index in [4.69, 9.17) is 5.73 Å². The molecule has 0 aromatic carbocycles. The molecule has 0 aliphatic heterocycles. The molecule has 1 nitrogen and oxygen atoms in total. The summed E-state index contributed by atoms with van der Waals surface area (Å²) in [5.41, 5.74) is 9.42. The molecule has 0 bridgehead atoms. The highest BCUT2D eigenvalue weighted by Crippen LogP contribution is 2.12. The average molecular weight is 139 g/mol. The second-order valence-corrected chi connectivity index (χ2v) is 2.54. The van der Waals surface area contributed by atoms with E-state index in [0.29, 0.717) is 0 Å². The summed E-state index contributed by atoms with van der Waals surface area (Å²) in [6.45, 7) is 0. The fraction of sp³-hybridized carbons (Fsp3) is 0.286. The predicted molar refractivity (Wildman–Crippen MR) is 42.1 cm³/mol. The topological polar surface area (TPSA) is 26.0 Å². The van der Waals surface area contributed by atoms with Crippen LogP contribution in [0.25, 0.3) is 0 Å². The van der Waals surface area contributed by atoms with Crippen molar-refractivity contribution in [1.29, 1.82) is 0 Å². The van der Waals surface area contributed by atoms with Crippen LogP contribution in [0.2, 0.25) is 0 Å². The van der Waals surface area contributed by atoms with Crippen molar-refractivity contribution < 1.29 is 0 Å². The Hall–Kier alpha value is -0.590. The molecule has 0 saturated carbocycles. The van der Waals surface area contributed by atoms with Crippen LogP contribution < -0.4 is 5.73 Å². The molecule has 48 valence electrons. The maximum Gasteiger partial charge on any atom is 0.0239 e. The van der Waals surface area contributed by atoms with E-state index in [1.54, 1.807) is 0 Å². The van der Waals surface area contributed by atoms with Gasteiger partial charge in [-0.3, -0.25) is 0 Å². The van der Waals surface area contributed by atoms with Gasteiger partial charge in [-0.2, -0.15) is 0 Å². The molecule has 0 unspecified atom stereocenters. The molecule has 0 amide bonds. The zero-order valence-electron chi connectivity index (χ0n) is 5.09. The van der Waals surface area contributed by atoms with E-state index >= 15 is 0 Å². The molecule has 0 aromatic heterocycles. The van der Waals surface area contributed by atoms with E-state index in [0.717, 1.165) is 23.4 Å². The van der Waals surface area contributed by atoms with Gasteiger partial charge in [0.2, 0.25) is 0 Å². The quantitative estimate of drug-likeness (QED) is 0.387. The molecular formula is C7H9NS. The fourth-order valence-electron chi connectivity index (χ4n) is 0.663. The molecule has 0 atom stereocenters. The molecule has 0 aromatic rings. The van der Waals surface area contributed by atoms with Crippen molar-refractivity contribution in [2.75, 3.05) is 0 Å². The molecule has 0 spiro atoms. The summed E-state index contributed by atoms with van der Waals surface area (Å²) in [5.74, 6) is 0. The molecule has 9 heavy (non-hydrogen) atoms. The van der Waals surface area contributed by atoms with Crippen molar-refractivity contribution in [2.24, 2.45) is 5.73 Å². The van der Waals surface area contributed by atoms with Crippen LogP contribution in [0, 0.1) is 0 Å². The molecule has 1 aliphatic carbocycles. The van der Waals surface area contributed by atoms with Crippen LogP contribution in [0.15, 0.2) is 28.5 Å². The first kappa shape index (κ1) is 6.53. The van der Waals surface area contributed by atoms with Crippen LogP contribution in [0.5, 0.6) is 0 Å². The number of nitrogens with two attached hydrogens (primary N) is 1. The summed E-state index contributed by atoms with van der Waals surface area (Å²) in [7, 11) is 0. The summed E-state index contributed by atoms with van der Waals surface area (Å²) in [5, 5.41) is 0. The van der Waals surface area contributed by atoms with Gasteiger partial charge in [-0.25, -0.2) is 0 Å². The summed E-state index contributed by atoms with van der Waals surface area (Å²) in [4.78, 5) is 0.978. The van der Waals surface area contributed by atoms with Gasteiger partial charge in [0.25, 0.3) is 0 Å². The third kappa shape index (κ3) is 2.00. The van der Waals surface area contributed by atoms with Gasteiger partial charge in [0.15, 0.2) is 0 Å². The highest BCUT2D eigenvalue weighted by atomic mass is 32.1. The van der Waals surface area contributed by atoms with Gasteiger partial charge in [0.1, 0.15) is 0 Å². The second-order valence-electron chi connectivity index (χ2n) is 2.00. The van der Waals surface area contributed by atoms with Gasteiger partial charge < -0.3 is 5.73 Å². The number of thiol groups is 1. The van der Waals surface area contributed by atoms with E-state index in [1.165, 1.54) is 0 Å². The molecule has 1 aliphatic rings. The Kier molecular flexibility index (Phi) is 2.04. The Bertz CT molecular complexity index is 197. The van der Waals surface area contributed by atoms with Gasteiger partial charge in [0, 0.05) is 10.6 Å². The van der Waals surface area contributed by atoms with Gasteiger partial charge in [-0.1, -0.05) is 0 Å². The Balaban J connectivity index is 2.80. The first-order valence-electron chi connectivity index (χ1n) is 2.88. The van der Waals surface area contributed by atoms with Crippen molar-refractivity contribution in [3.63, 3.8) is 0 Å². The molecule has 0 fully saturated rings. The SMILES string of the molecule is NC1=CC=C=C(S)CC1. The van der Waals surface area contributed by atoms with Crippen molar-refractivity contribution >= 4 is 12.6 Å². The van der Waals surface area contributed by atoms with E-state index in [9.17, 15) is 0 Å². The Morgan fingerprint density at radius 2 is 2.33 bits per heavy atom. The minimum Gasteiger partial charge on any atom is -0.402 e. The Morgan fingerprint density at radius 1 is 1.56 bits per heavy atom. The van der Waals surface area contributed by atoms with E-state index in [-0.39, 0.29) is 0 Å². The third-order valence-corrected chi connectivity index (χ3v) is 1.55. The van der Waals surface area contributed by atoms with Gasteiger partial charge in [-0.05, 0) is 25.0 Å². The highest BCUT2D eigenvalue weighted by Gasteiger charge is 1.94. The number of hydrogen-bond donors (Lipinski definition) is 2. The lowest BCUT2D eigenvalue weighted by atomic mass is 10.2. The smallest absolute Gasteiger partial charge is 0.0239 e. The minimum absolute atomic E-state index is 0.905. The van der Waals surface area contributed by atoms with Crippen molar-refractivity contribution in [3.05, 3.63) is 28.5 Å². The normalized spacial score (nSPS) is 18.3. The molecule has 2 N–H and O–H groups in total. The highest BCUT2D eigenvalue weighted by molar-refractivity contribution is 7.84.